The van der Waals surface area contributed by atoms with E-state index in [1.165, 1.54) is 13.8 Å². The molecule has 25 atom stereocenters. The van der Waals surface area contributed by atoms with Crippen molar-refractivity contribution in [2.75, 3.05) is 19.8 Å². The van der Waals surface area contributed by atoms with Crippen molar-refractivity contribution in [1.82, 2.24) is 5.32 Å². The monoisotopic (exact) mass is 837 g/mol. The van der Waals surface area contributed by atoms with E-state index < -0.39 is 179 Å². The van der Waals surface area contributed by atoms with Gasteiger partial charge in [0, 0.05) is 6.92 Å². The van der Waals surface area contributed by atoms with Crippen molar-refractivity contribution >= 4 is 5.91 Å². The summed E-state index contributed by atoms with van der Waals surface area (Å²) in [6.07, 6.45) is -42.9. The van der Waals surface area contributed by atoms with E-state index in [1.54, 1.807) is 0 Å². The van der Waals surface area contributed by atoms with Gasteiger partial charge in [0.25, 0.3) is 0 Å². The molecule has 25 nitrogen and oxygen atoms in total. The summed E-state index contributed by atoms with van der Waals surface area (Å²) in [6, 6.07) is -1.61. The number of aliphatic hydroxyl groups excluding tert-OH is 14. The van der Waals surface area contributed by atoms with Crippen LogP contribution in [0.1, 0.15) is 20.8 Å². The zero-order valence-corrected chi connectivity index (χ0v) is 30.9. The van der Waals surface area contributed by atoms with Gasteiger partial charge in [0.05, 0.1) is 32.0 Å². The number of hydrogen-bond donors (Lipinski definition) is 15. The lowest BCUT2D eigenvalue weighted by atomic mass is 9.94. The molecule has 5 fully saturated rings. The molecule has 5 rings (SSSR count). The van der Waals surface area contributed by atoms with Crippen LogP contribution in [-0.2, 0) is 47.4 Å². The smallest absolute Gasteiger partial charge is 0.217 e. The summed E-state index contributed by atoms with van der Waals surface area (Å²) in [7, 11) is 0. The Morgan fingerprint density at radius 2 is 0.895 bits per heavy atom. The van der Waals surface area contributed by atoms with Crippen LogP contribution in [0, 0.1) is 0 Å². The Bertz CT molecular complexity index is 1290. The maximum absolute atomic E-state index is 12.2. The highest BCUT2D eigenvalue weighted by molar-refractivity contribution is 5.73. The van der Waals surface area contributed by atoms with Gasteiger partial charge in [-0.05, 0) is 13.8 Å². The predicted molar refractivity (Wildman–Crippen MR) is 175 cm³/mol. The zero-order chi connectivity index (χ0) is 42.2. The van der Waals surface area contributed by atoms with E-state index in [-0.39, 0.29) is 0 Å². The predicted octanol–water partition coefficient (Wildman–Crippen LogP) is -9.73. The van der Waals surface area contributed by atoms with E-state index in [2.05, 4.69) is 5.32 Å². The first kappa shape index (κ1) is 46.6. The topological polar surface area (TPSA) is 395 Å². The standard InChI is InChI=1S/C32H55NO24/c1-7-14(38)19(43)21(45)30(49-7)54-24-12(6-36)51-28(48)23(47)26(24)56-32-27(57-31-22(46)20(44)15(39)8(2)50-31)25(17(41)11(5-35)53-32)55-29-13(33-9(3)37)18(42)16(40)10(4-34)52-29/h7-8,10-32,34-36,38-48H,4-6H2,1-3H3,(H,33,37)/t7-,8-,10+,11+,12+,13+,14+,15+,16-,17-,18+,19+,20+,21-,22-,23+,24+,25-,26+,27+,28+,29+,30-,31-,32-/m0/s1. The first-order valence-electron chi connectivity index (χ1n) is 18.3. The van der Waals surface area contributed by atoms with Crippen LogP contribution in [0.25, 0.3) is 0 Å². The Morgan fingerprint density at radius 1 is 0.456 bits per heavy atom. The zero-order valence-electron chi connectivity index (χ0n) is 30.9. The summed E-state index contributed by atoms with van der Waals surface area (Å²) in [6.45, 7) is 0.920. The molecule has 0 aromatic rings. The Hall–Kier alpha value is -1.45. The van der Waals surface area contributed by atoms with Crippen LogP contribution in [0.3, 0.4) is 0 Å². The Kier molecular flexibility index (Phi) is 16.0. The van der Waals surface area contributed by atoms with Crippen LogP contribution in [0.5, 0.6) is 0 Å². The van der Waals surface area contributed by atoms with Crippen LogP contribution >= 0.6 is 0 Å². The van der Waals surface area contributed by atoms with Gasteiger partial charge in [-0.3, -0.25) is 4.79 Å². The summed E-state index contributed by atoms with van der Waals surface area (Å²) in [5.41, 5.74) is 0. The first-order valence-corrected chi connectivity index (χ1v) is 18.3. The summed E-state index contributed by atoms with van der Waals surface area (Å²) in [5.74, 6) is -0.749. The number of carbonyl (C=O) groups excluding carboxylic acids is 1. The van der Waals surface area contributed by atoms with Crippen LogP contribution in [0.2, 0.25) is 0 Å². The third-order valence-electron chi connectivity index (χ3n) is 10.6. The van der Waals surface area contributed by atoms with Gasteiger partial charge >= 0.3 is 0 Å². The van der Waals surface area contributed by atoms with Crippen molar-refractivity contribution in [3.8, 4) is 0 Å². The van der Waals surface area contributed by atoms with Gasteiger partial charge in [-0.2, -0.15) is 0 Å². The number of carbonyl (C=O) groups is 1. The number of rotatable bonds is 12. The molecule has 5 aliphatic rings. The number of amides is 1. The lowest BCUT2D eigenvalue weighted by Crippen LogP contribution is -2.70. The minimum atomic E-state index is -2.12. The highest BCUT2D eigenvalue weighted by atomic mass is 16.8. The molecule has 1 amide bonds. The van der Waals surface area contributed by atoms with Crippen molar-refractivity contribution in [3.05, 3.63) is 0 Å². The fraction of sp³-hybridized carbons (Fsp3) is 0.969. The molecular formula is C32H55NO24. The highest BCUT2D eigenvalue weighted by Gasteiger charge is 2.58. The highest BCUT2D eigenvalue weighted by Crippen LogP contribution is 2.37. The molecule has 0 aromatic heterocycles. The summed E-state index contributed by atoms with van der Waals surface area (Å²) < 4.78 is 52.0. The number of nitrogens with one attached hydrogen (secondary N) is 1. The average Bonchev–Trinajstić information content (AvgIpc) is 3.18. The maximum atomic E-state index is 12.2. The third-order valence-corrected chi connectivity index (χ3v) is 10.6. The van der Waals surface area contributed by atoms with E-state index in [0.29, 0.717) is 0 Å². The Labute approximate surface area is 324 Å². The molecule has 5 saturated heterocycles. The van der Waals surface area contributed by atoms with Gasteiger partial charge in [-0.25, -0.2) is 0 Å². The molecule has 15 N–H and O–H groups in total. The Balaban J connectivity index is 1.54. The normalized spacial score (nSPS) is 52.3. The molecule has 0 bridgehead atoms. The van der Waals surface area contributed by atoms with E-state index in [4.69, 9.17) is 42.6 Å². The molecular weight excluding hydrogens is 782 g/mol. The van der Waals surface area contributed by atoms with Crippen molar-refractivity contribution in [2.24, 2.45) is 0 Å². The maximum Gasteiger partial charge on any atom is 0.217 e. The van der Waals surface area contributed by atoms with Crippen molar-refractivity contribution < 1.29 is 119 Å². The van der Waals surface area contributed by atoms with Crippen molar-refractivity contribution in [3.63, 3.8) is 0 Å². The summed E-state index contributed by atoms with van der Waals surface area (Å²) in [5, 5.41) is 151. The van der Waals surface area contributed by atoms with E-state index >= 15 is 0 Å². The van der Waals surface area contributed by atoms with Gasteiger partial charge < -0.3 is 119 Å². The average molecular weight is 838 g/mol. The fourth-order valence-electron chi connectivity index (χ4n) is 7.28. The molecule has 5 aliphatic heterocycles. The van der Waals surface area contributed by atoms with Gasteiger partial charge in [-0.1, -0.05) is 0 Å². The molecule has 0 spiro atoms. The largest absolute Gasteiger partial charge is 0.394 e. The van der Waals surface area contributed by atoms with E-state index in [0.717, 1.165) is 6.92 Å². The summed E-state index contributed by atoms with van der Waals surface area (Å²) in [4.78, 5) is 12.2. The Morgan fingerprint density at radius 3 is 1.40 bits per heavy atom. The number of hydrogen-bond acceptors (Lipinski definition) is 24. The first-order chi connectivity index (χ1) is 26.8. The quantitative estimate of drug-likeness (QED) is 0.0867. The fourth-order valence-corrected chi connectivity index (χ4v) is 7.28. The number of aliphatic hydroxyl groups is 14. The molecule has 0 unspecified atom stereocenters. The minimum Gasteiger partial charge on any atom is -0.394 e. The van der Waals surface area contributed by atoms with Crippen molar-refractivity contribution in [2.45, 2.75) is 174 Å². The lowest BCUT2D eigenvalue weighted by molar-refractivity contribution is -0.408. The van der Waals surface area contributed by atoms with Gasteiger partial charge in [-0.15, -0.1) is 0 Å². The van der Waals surface area contributed by atoms with E-state index in [9.17, 15) is 76.3 Å². The second-order valence-corrected chi connectivity index (χ2v) is 14.7. The third kappa shape index (κ3) is 9.71. The van der Waals surface area contributed by atoms with Crippen molar-refractivity contribution in [1.29, 1.82) is 0 Å². The summed E-state index contributed by atoms with van der Waals surface area (Å²) >= 11 is 0. The molecule has 5 heterocycles. The lowest BCUT2D eigenvalue weighted by Gasteiger charge is -2.51. The molecule has 0 saturated carbocycles. The second-order valence-electron chi connectivity index (χ2n) is 14.7. The SMILES string of the molecule is CC(=O)N[C@H]1[C@@H](O[C@H]2[C@@H](O)[C@@H](CO)O[C@@H](O[C@@H]3[C@@H](O)[C@H](O)O[C@H](CO)[C@H]3O[C@@H]3O[C@@H](C)[C@@H](O)[C@@H](O)[C@@H]3O)[C@@H]2O[C@@H]2O[C@@H](C)[C@@H](O)[C@@H](O)[C@@H]2O)O[C@H](CO)[C@H](O)[C@@H]1O. The molecule has 57 heavy (non-hydrogen) atoms. The molecule has 0 aliphatic carbocycles. The van der Waals surface area contributed by atoms with E-state index in [1.807, 2.05) is 0 Å². The van der Waals surface area contributed by atoms with Crippen LogP contribution in [-0.4, -0.2) is 251 Å². The molecule has 332 valence electrons. The van der Waals surface area contributed by atoms with Gasteiger partial charge in [0.2, 0.25) is 5.91 Å². The van der Waals surface area contributed by atoms with Crippen LogP contribution in [0.15, 0.2) is 0 Å². The molecule has 25 heteroatoms. The van der Waals surface area contributed by atoms with Crippen LogP contribution in [0.4, 0.5) is 0 Å². The van der Waals surface area contributed by atoms with Gasteiger partial charge in [0.15, 0.2) is 31.5 Å². The molecule has 0 aromatic carbocycles. The second kappa shape index (κ2) is 19.5. The van der Waals surface area contributed by atoms with Crippen LogP contribution < -0.4 is 5.32 Å². The molecule has 0 radical (unpaired) electrons. The minimum absolute atomic E-state index is 0.749. The van der Waals surface area contributed by atoms with Gasteiger partial charge in [0.1, 0.15) is 110 Å². The number of ether oxygens (including phenoxy) is 9.